The van der Waals surface area contributed by atoms with Gasteiger partial charge in [-0.3, -0.25) is 0 Å². The quantitative estimate of drug-likeness (QED) is 0.589. The van der Waals surface area contributed by atoms with Crippen LogP contribution < -0.4 is 0 Å². The predicted octanol–water partition coefficient (Wildman–Crippen LogP) is 5.03. The molecule has 0 spiro atoms. The SMILES string of the molecule is CC(C)Cn1c(SCc2ccccc2)nnc1-c1ccccc1F. The summed E-state index contributed by atoms with van der Waals surface area (Å²) in [4.78, 5) is 0. The summed E-state index contributed by atoms with van der Waals surface area (Å²) in [5, 5.41) is 9.40. The number of hydrogen-bond acceptors (Lipinski definition) is 3. The second-order valence-electron chi connectivity index (χ2n) is 6.06. The molecule has 2 aromatic carbocycles. The first-order chi connectivity index (χ1) is 11.6. The molecule has 1 aromatic heterocycles. The Morgan fingerprint density at radius 2 is 1.71 bits per heavy atom. The Hall–Kier alpha value is -2.14. The van der Waals surface area contributed by atoms with Gasteiger partial charge in [-0.2, -0.15) is 0 Å². The van der Waals surface area contributed by atoms with Gasteiger partial charge in [-0.25, -0.2) is 4.39 Å². The van der Waals surface area contributed by atoms with Crippen LogP contribution in [0.4, 0.5) is 4.39 Å². The highest BCUT2D eigenvalue weighted by molar-refractivity contribution is 7.98. The third kappa shape index (κ3) is 3.85. The van der Waals surface area contributed by atoms with Crippen LogP contribution >= 0.6 is 11.8 Å². The molecule has 0 aliphatic rings. The average molecular weight is 341 g/mol. The van der Waals surface area contributed by atoms with E-state index < -0.39 is 0 Å². The first-order valence-electron chi connectivity index (χ1n) is 8.00. The molecule has 0 aliphatic carbocycles. The molecule has 0 saturated heterocycles. The van der Waals surface area contributed by atoms with E-state index in [4.69, 9.17) is 0 Å². The van der Waals surface area contributed by atoms with E-state index in [0.29, 0.717) is 17.3 Å². The van der Waals surface area contributed by atoms with Crippen LogP contribution in [-0.2, 0) is 12.3 Å². The highest BCUT2D eigenvalue weighted by Crippen LogP contribution is 2.28. The van der Waals surface area contributed by atoms with Gasteiger partial charge in [-0.15, -0.1) is 10.2 Å². The van der Waals surface area contributed by atoms with E-state index in [2.05, 4.69) is 36.2 Å². The zero-order valence-electron chi connectivity index (χ0n) is 13.8. The predicted molar refractivity (Wildman–Crippen MR) is 96.3 cm³/mol. The summed E-state index contributed by atoms with van der Waals surface area (Å²) < 4.78 is 16.2. The number of thioether (sulfide) groups is 1. The van der Waals surface area contributed by atoms with E-state index in [-0.39, 0.29) is 5.82 Å². The molecule has 0 bridgehead atoms. The summed E-state index contributed by atoms with van der Waals surface area (Å²) in [6.45, 7) is 5.03. The van der Waals surface area contributed by atoms with Crippen molar-refractivity contribution in [2.45, 2.75) is 31.3 Å². The zero-order valence-corrected chi connectivity index (χ0v) is 14.6. The van der Waals surface area contributed by atoms with E-state index in [1.165, 1.54) is 11.6 Å². The van der Waals surface area contributed by atoms with Gasteiger partial charge in [-0.05, 0) is 23.6 Å². The minimum absolute atomic E-state index is 0.269. The number of rotatable bonds is 6. The van der Waals surface area contributed by atoms with Gasteiger partial charge in [0.2, 0.25) is 0 Å². The van der Waals surface area contributed by atoms with Crippen molar-refractivity contribution in [1.29, 1.82) is 0 Å². The lowest BCUT2D eigenvalue weighted by Gasteiger charge is -2.13. The molecule has 0 fully saturated rings. The summed E-state index contributed by atoms with van der Waals surface area (Å²) in [6.07, 6.45) is 0. The minimum atomic E-state index is -0.269. The van der Waals surface area contributed by atoms with Crippen molar-refractivity contribution in [3.05, 3.63) is 66.0 Å². The normalized spacial score (nSPS) is 11.2. The lowest BCUT2D eigenvalue weighted by Crippen LogP contribution is -2.08. The van der Waals surface area contributed by atoms with Gasteiger partial charge in [0.1, 0.15) is 5.82 Å². The van der Waals surface area contributed by atoms with Crippen molar-refractivity contribution in [1.82, 2.24) is 14.8 Å². The van der Waals surface area contributed by atoms with Gasteiger partial charge in [0.15, 0.2) is 11.0 Å². The minimum Gasteiger partial charge on any atom is -0.302 e. The molecule has 3 aromatic rings. The highest BCUT2D eigenvalue weighted by Gasteiger charge is 2.17. The van der Waals surface area contributed by atoms with Crippen LogP contribution in [0.2, 0.25) is 0 Å². The van der Waals surface area contributed by atoms with Gasteiger partial charge < -0.3 is 4.57 Å². The van der Waals surface area contributed by atoms with Crippen molar-refractivity contribution < 1.29 is 4.39 Å². The monoisotopic (exact) mass is 341 g/mol. The Morgan fingerprint density at radius 1 is 1.00 bits per heavy atom. The van der Waals surface area contributed by atoms with Crippen LogP contribution in [0.5, 0.6) is 0 Å². The molecule has 0 atom stereocenters. The molecular formula is C19H20FN3S. The maximum atomic E-state index is 14.2. The van der Waals surface area contributed by atoms with Gasteiger partial charge in [0.25, 0.3) is 0 Å². The van der Waals surface area contributed by atoms with Crippen LogP contribution in [0.3, 0.4) is 0 Å². The molecule has 1 heterocycles. The second kappa shape index (κ2) is 7.62. The summed E-state index contributed by atoms with van der Waals surface area (Å²) in [5.74, 6) is 1.56. The lowest BCUT2D eigenvalue weighted by atomic mass is 10.2. The van der Waals surface area contributed by atoms with Gasteiger partial charge >= 0.3 is 0 Å². The zero-order chi connectivity index (χ0) is 16.9. The third-order valence-electron chi connectivity index (χ3n) is 3.59. The fraction of sp³-hybridized carbons (Fsp3) is 0.263. The van der Waals surface area contributed by atoms with Crippen molar-refractivity contribution in [3.63, 3.8) is 0 Å². The van der Waals surface area contributed by atoms with Crippen molar-refractivity contribution in [2.75, 3.05) is 0 Å². The van der Waals surface area contributed by atoms with Crippen LogP contribution in [0.25, 0.3) is 11.4 Å². The van der Waals surface area contributed by atoms with Gasteiger partial charge in [0, 0.05) is 12.3 Å². The van der Waals surface area contributed by atoms with Crippen LogP contribution in [-0.4, -0.2) is 14.8 Å². The molecule has 0 saturated carbocycles. The van der Waals surface area contributed by atoms with Crippen molar-refractivity contribution in [3.8, 4) is 11.4 Å². The summed E-state index contributed by atoms with van der Waals surface area (Å²) in [6, 6.07) is 17.0. The second-order valence-corrected chi connectivity index (χ2v) is 7.01. The first kappa shape index (κ1) is 16.7. The molecule has 124 valence electrons. The molecule has 24 heavy (non-hydrogen) atoms. The molecule has 0 unspecified atom stereocenters. The Labute approximate surface area is 145 Å². The highest BCUT2D eigenvalue weighted by atomic mass is 32.2. The van der Waals surface area contributed by atoms with Gasteiger partial charge in [0.05, 0.1) is 5.56 Å². The van der Waals surface area contributed by atoms with E-state index in [9.17, 15) is 4.39 Å². The standard InChI is InChI=1S/C19H20FN3S/c1-14(2)12-23-18(16-10-6-7-11-17(16)20)21-22-19(23)24-13-15-8-4-3-5-9-15/h3-11,14H,12-13H2,1-2H3. The van der Waals surface area contributed by atoms with E-state index in [1.807, 2.05) is 28.8 Å². The molecule has 0 N–H and O–H groups in total. The topological polar surface area (TPSA) is 30.7 Å². The lowest BCUT2D eigenvalue weighted by molar-refractivity contribution is 0.496. The maximum absolute atomic E-state index is 14.2. The number of benzene rings is 2. The fourth-order valence-corrected chi connectivity index (χ4v) is 3.39. The summed E-state index contributed by atoms with van der Waals surface area (Å²) in [5.41, 5.74) is 1.73. The Balaban J connectivity index is 1.91. The fourth-order valence-electron chi connectivity index (χ4n) is 2.49. The van der Waals surface area contributed by atoms with Crippen LogP contribution in [0, 0.1) is 11.7 Å². The molecular weight excluding hydrogens is 321 g/mol. The summed E-state index contributed by atoms with van der Waals surface area (Å²) in [7, 11) is 0. The smallest absolute Gasteiger partial charge is 0.191 e. The van der Waals surface area contributed by atoms with Gasteiger partial charge in [-0.1, -0.05) is 68.1 Å². The molecule has 3 rings (SSSR count). The molecule has 0 radical (unpaired) electrons. The Bertz CT molecular complexity index is 799. The van der Waals surface area contributed by atoms with E-state index in [0.717, 1.165) is 17.5 Å². The largest absolute Gasteiger partial charge is 0.302 e. The summed E-state index contributed by atoms with van der Waals surface area (Å²) >= 11 is 1.63. The van der Waals surface area contributed by atoms with Crippen molar-refractivity contribution >= 4 is 11.8 Å². The van der Waals surface area contributed by atoms with Crippen LogP contribution in [0.15, 0.2) is 59.8 Å². The molecule has 0 amide bonds. The number of nitrogens with zero attached hydrogens (tertiary/aromatic N) is 3. The molecule has 0 aliphatic heterocycles. The molecule has 3 nitrogen and oxygen atoms in total. The number of aromatic nitrogens is 3. The first-order valence-corrected chi connectivity index (χ1v) is 8.98. The Kier molecular flexibility index (Phi) is 5.30. The van der Waals surface area contributed by atoms with E-state index >= 15 is 0 Å². The third-order valence-corrected chi connectivity index (χ3v) is 4.63. The Morgan fingerprint density at radius 3 is 2.42 bits per heavy atom. The van der Waals surface area contributed by atoms with E-state index in [1.54, 1.807) is 23.9 Å². The number of halogens is 1. The molecule has 5 heteroatoms. The maximum Gasteiger partial charge on any atom is 0.191 e. The van der Waals surface area contributed by atoms with Crippen molar-refractivity contribution in [2.24, 2.45) is 5.92 Å². The number of hydrogen-bond donors (Lipinski definition) is 0. The average Bonchev–Trinajstić information content (AvgIpc) is 2.96. The van der Waals surface area contributed by atoms with Crippen LogP contribution in [0.1, 0.15) is 19.4 Å².